The molecule has 0 bridgehead atoms. The van der Waals surface area contributed by atoms with E-state index in [0.717, 1.165) is 10.6 Å². The van der Waals surface area contributed by atoms with Crippen molar-refractivity contribution >= 4 is 28.6 Å². The van der Waals surface area contributed by atoms with E-state index in [2.05, 4.69) is 34.2 Å². The van der Waals surface area contributed by atoms with Gasteiger partial charge >= 0.3 is 0 Å². The second-order valence-electron chi connectivity index (χ2n) is 5.46. The number of rotatable bonds is 6. The Balaban J connectivity index is 1.69. The third-order valence-electron chi connectivity index (χ3n) is 3.44. The number of hydrogen-bond donors (Lipinski definition) is 1. The van der Waals surface area contributed by atoms with Gasteiger partial charge in [-0.15, -0.1) is 22.7 Å². The molecular weight excluding hydrogens is 330 g/mol. The van der Waals surface area contributed by atoms with Crippen LogP contribution in [0.1, 0.15) is 23.6 Å². The molecule has 3 heterocycles. The van der Waals surface area contributed by atoms with Crippen LogP contribution in [0.3, 0.4) is 0 Å². The van der Waals surface area contributed by atoms with Crippen LogP contribution in [0, 0.1) is 5.92 Å². The lowest BCUT2D eigenvalue weighted by atomic mass is 10.0. The number of nitrogens with one attached hydrogen (secondary N) is 1. The lowest BCUT2D eigenvalue weighted by Gasteiger charge is -2.21. The maximum Gasteiger partial charge on any atom is 0.280 e. The maximum absolute atomic E-state index is 12.5. The Kier molecular flexibility index (Phi) is 4.82. The first-order valence-corrected chi connectivity index (χ1v) is 9.02. The minimum Gasteiger partial charge on any atom is -0.345 e. The predicted octanol–water partition coefficient (Wildman–Crippen LogP) is 2.92. The molecule has 0 fully saturated rings. The first-order chi connectivity index (χ1) is 11.1. The topological polar surface area (TPSA) is 72.7 Å². The van der Waals surface area contributed by atoms with Gasteiger partial charge in [0.15, 0.2) is 5.01 Å². The van der Waals surface area contributed by atoms with Gasteiger partial charge in [0.25, 0.3) is 5.91 Å². The summed E-state index contributed by atoms with van der Waals surface area (Å²) in [4.78, 5) is 21.9. The summed E-state index contributed by atoms with van der Waals surface area (Å²) in [6.45, 7) is 4.73. The quantitative estimate of drug-likeness (QED) is 0.744. The number of carbonyl (C=O) groups is 1. The average Bonchev–Trinajstić information content (AvgIpc) is 3.27. The van der Waals surface area contributed by atoms with Crippen LogP contribution < -0.4 is 5.32 Å². The molecule has 0 radical (unpaired) electrons. The molecule has 0 spiro atoms. The van der Waals surface area contributed by atoms with E-state index in [9.17, 15) is 4.79 Å². The monoisotopic (exact) mass is 347 g/mol. The summed E-state index contributed by atoms with van der Waals surface area (Å²) in [5.74, 6) is 0.136. The molecule has 1 atom stereocenters. The molecule has 120 valence electrons. The summed E-state index contributed by atoms with van der Waals surface area (Å²) >= 11 is 2.98. The zero-order chi connectivity index (χ0) is 16.2. The fourth-order valence-electron chi connectivity index (χ4n) is 2.10. The van der Waals surface area contributed by atoms with Gasteiger partial charge in [-0.2, -0.15) is 5.10 Å². The molecule has 3 rings (SSSR count). The highest BCUT2D eigenvalue weighted by molar-refractivity contribution is 7.15. The van der Waals surface area contributed by atoms with Gasteiger partial charge in [-0.05, 0) is 17.4 Å². The van der Waals surface area contributed by atoms with Crippen molar-refractivity contribution in [3.8, 4) is 10.6 Å². The average molecular weight is 347 g/mol. The number of amides is 1. The highest BCUT2D eigenvalue weighted by Gasteiger charge is 2.20. The Hall–Kier alpha value is -2.06. The summed E-state index contributed by atoms with van der Waals surface area (Å²) in [5, 5.41) is 11.6. The van der Waals surface area contributed by atoms with Gasteiger partial charge in [-0.25, -0.2) is 9.97 Å². The van der Waals surface area contributed by atoms with E-state index in [0.29, 0.717) is 11.6 Å². The molecule has 1 amide bonds. The third kappa shape index (κ3) is 3.83. The van der Waals surface area contributed by atoms with E-state index in [1.807, 2.05) is 22.9 Å². The summed E-state index contributed by atoms with van der Waals surface area (Å²) in [6, 6.07) is 3.95. The Morgan fingerprint density at radius 3 is 2.91 bits per heavy atom. The second-order valence-corrected chi connectivity index (χ2v) is 7.26. The van der Waals surface area contributed by atoms with Gasteiger partial charge < -0.3 is 5.32 Å². The van der Waals surface area contributed by atoms with E-state index in [1.165, 1.54) is 17.7 Å². The van der Waals surface area contributed by atoms with Crippen molar-refractivity contribution in [1.82, 2.24) is 25.1 Å². The number of thiazole rings is 1. The number of carbonyl (C=O) groups excluding carboxylic acids is 1. The predicted molar refractivity (Wildman–Crippen MR) is 91.5 cm³/mol. The van der Waals surface area contributed by atoms with E-state index < -0.39 is 0 Å². The lowest BCUT2D eigenvalue weighted by Crippen LogP contribution is -2.41. The maximum atomic E-state index is 12.5. The Morgan fingerprint density at radius 2 is 2.26 bits per heavy atom. The molecule has 0 unspecified atom stereocenters. The third-order valence-corrected chi connectivity index (χ3v) is 5.18. The second kappa shape index (κ2) is 7.01. The molecule has 3 aromatic heterocycles. The van der Waals surface area contributed by atoms with Crippen LogP contribution in [-0.2, 0) is 6.54 Å². The van der Waals surface area contributed by atoms with Crippen LogP contribution in [-0.4, -0.2) is 31.7 Å². The van der Waals surface area contributed by atoms with Crippen molar-refractivity contribution in [2.75, 3.05) is 0 Å². The van der Waals surface area contributed by atoms with Gasteiger partial charge in [0, 0.05) is 5.38 Å². The molecule has 1 N–H and O–H groups in total. The van der Waals surface area contributed by atoms with Crippen LogP contribution in [0.5, 0.6) is 0 Å². The molecule has 0 saturated heterocycles. The van der Waals surface area contributed by atoms with Gasteiger partial charge in [-0.1, -0.05) is 19.9 Å². The molecule has 0 aliphatic carbocycles. The first-order valence-electron chi connectivity index (χ1n) is 7.26. The van der Waals surface area contributed by atoms with E-state index in [1.54, 1.807) is 22.3 Å². The number of hydrogen-bond acceptors (Lipinski definition) is 6. The van der Waals surface area contributed by atoms with Crippen LogP contribution in [0.2, 0.25) is 0 Å². The molecule has 23 heavy (non-hydrogen) atoms. The van der Waals surface area contributed by atoms with E-state index in [-0.39, 0.29) is 17.9 Å². The lowest BCUT2D eigenvalue weighted by molar-refractivity contribution is 0.0919. The molecule has 0 aliphatic rings. The zero-order valence-corrected chi connectivity index (χ0v) is 14.5. The minimum atomic E-state index is -0.142. The molecule has 0 saturated carbocycles. The number of aromatic nitrogens is 4. The SMILES string of the molecule is CC(C)[C@H](Cn1cncn1)NC(=O)c1nc(-c2cccs2)cs1. The van der Waals surface area contributed by atoms with Crippen LogP contribution >= 0.6 is 22.7 Å². The fourth-order valence-corrected chi connectivity index (χ4v) is 3.58. The zero-order valence-electron chi connectivity index (χ0n) is 12.8. The molecule has 8 heteroatoms. The fraction of sp³-hybridized carbons (Fsp3) is 0.333. The van der Waals surface area contributed by atoms with Gasteiger partial charge in [-0.3, -0.25) is 9.48 Å². The Morgan fingerprint density at radius 1 is 1.39 bits per heavy atom. The van der Waals surface area contributed by atoms with Crippen molar-refractivity contribution in [3.63, 3.8) is 0 Å². The molecular formula is C15H17N5OS2. The largest absolute Gasteiger partial charge is 0.345 e. The van der Waals surface area contributed by atoms with Gasteiger partial charge in [0.1, 0.15) is 12.7 Å². The Labute approximate surface area is 142 Å². The molecule has 0 aromatic carbocycles. The molecule has 0 aliphatic heterocycles. The van der Waals surface area contributed by atoms with Crippen LogP contribution in [0.4, 0.5) is 0 Å². The van der Waals surface area contributed by atoms with E-state index >= 15 is 0 Å². The van der Waals surface area contributed by atoms with Crippen molar-refractivity contribution < 1.29 is 4.79 Å². The Bertz CT molecular complexity index is 749. The number of thiophene rings is 1. The van der Waals surface area contributed by atoms with Crippen molar-refractivity contribution in [2.24, 2.45) is 5.92 Å². The standard InChI is InChI=1S/C15H17N5OS2/c1-10(2)11(6-20-9-16-8-17-20)18-14(21)15-19-12(7-23-15)13-4-3-5-22-13/h3-5,7-11H,6H2,1-2H3,(H,18,21)/t11-/m0/s1. The van der Waals surface area contributed by atoms with Crippen LogP contribution in [0.15, 0.2) is 35.5 Å². The van der Waals surface area contributed by atoms with Gasteiger partial charge in [0.2, 0.25) is 0 Å². The van der Waals surface area contributed by atoms with E-state index in [4.69, 9.17) is 0 Å². The van der Waals surface area contributed by atoms with Crippen molar-refractivity contribution in [1.29, 1.82) is 0 Å². The van der Waals surface area contributed by atoms with Gasteiger partial charge in [0.05, 0.1) is 23.2 Å². The highest BCUT2D eigenvalue weighted by Crippen LogP contribution is 2.26. The number of nitrogens with zero attached hydrogens (tertiary/aromatic N) is 4. The summed E-state index contributed by atoms with van der Waals surface area (Å²) in [5.41, 5.74) is 0.854. The van der Waals surface area contributed by atoms with Crippen LogP contribution in [0.25, 0.3) is 10.6 Å². The first kappa shape index (κ1) is 15.8. The summed E-state index contributed by atoms with van der Waals surface area (Å²) < 4.78 is 1.73. The smallest absolute Gasteiger partial charge is 0.280 e. The highest BCUT2D eigenvalue weighted by atomic mass is 32.1. The van der Waals surface area contributed by atoms with Crippen molar-refractivity contribution in [3.05, 3.63) is 40.6 Å². The summed E-state index contributed by atoms with van der Waals surface area (Å²) in [6.07, 6.45) is 3.15. The molecule has 3 aromatic rings. The normalized spacial score (nSPS) is 12.5. The van der Waals surface area contributed by atoms with Crippen molar-refractivity contribution in [2.45, 2.75) is 26.4 Å². The molecule has 6 nitrogen and oxygen atoms in total. The summed E-state index contributed by atoms with van der Waals surface area (Å²) in [7, 11) is 0. The minimum absolute atomic E-state index is 0.0294.